The number of aryl methyl sites for hydroxylation is 2. The second-order valence-corrected chi connectivity index (χ2v) is 6.53. The van der Waals surface area contributed by atoms with Crippen LogP contribution in [0.3, 0.4) is 0 Å². The molecule has 0 saturated heterocycles. The fourth-order valence-electron chi connectivity index (χ4n) is 2.46. The van der Waals surface area contributed by atoms with Crippen LogP contribution in [0.1, 0.15) is 16.7 Å². The SMILES string of the molecule is Cc1cc(C)c2oc(=O)c3c(c2c1)OCC(I)C3. The number of benzene rings is 1. The first-order valence-electron chi connectivity index (χ1n) is 5.90. The molecular formula is C14H13IO3. The molecule has 0 aliphatic carbocycles. The highest BCUT2D eigenvalue weighted by Gasteiger charge is 2.24. The predicted molar refractivity (Wildman–Crippen MR) is 79.0 cm³/mol. The summed E-state index contributed by atoms with van der Waals surface area (Å²) in [5, 5.41) is 0.922. The molecule has 1 aromatic heterocycles. The van der Waals surface area contributed by atoms with E-state index in [1.807, 2.05) is 26.0 Å². The van der Waals surface area contributed by atoms with Crippen LogP contribution in [0.5, 0.6) is 5.75 Å². The van der Waals surface area contributed by atoms with Gasteiger partial charge in [0.25, 0.3) is 0 Å². The van der Waals surface area contributed by atoms with Crippen LogP contribution in [0.4, 0.5) is 0 Å². The third-order valence-corrected chi connectivity index (χ3v) is 4.01. The Morgan fingerprint density at radius 1 is 1.33 bits per heavy atom. The molecule has 0 spiro atoms. The summed E-state index contributed by atoms with van der Waals surface area (Å²) in [6.07, 6.45) is 0.723. The lowest BCUT2D eigenvalue weighted by Crippen LogP contribution is -2.25. The van der Waals surface area contributed by atoms with E-state index in [1.165, 1.54) is 0 Å². The first-order valence-corrected chi connectivity index (χ1v) is 7.14. The third kappa shape index (κ3) is 1.83. The van der Waals surface area contributed by atoms with E-state index in [1.54, 1.807) is 0 Å². The number of ether oxygens (including phenoxy) is 1. The van der Waals surface area contributed by atoms with Gasteiger partial charge in [-0.1, -0.05) is 28.7 Å². The average Bonchev–Trinajstić information content (AvgIpc) is 2.31. The summed E-state index contributed by atoms with van der Waals surface area (Å²) in [6, 6.07) is 4.04. The third-order valence-electron chi connectivity index (χ3n) is 3.21. The number of rotatable bonds is 0. The Bertz CT molecular complexity index is 687. The Morgan fingerprint density at radius 2 is 2.11 bits per heavy atom. The highest BCUT2D eigenvalue weighted by Crippen LogP contribution is 2.34. The van der Waals surface area contributed by atoms with Gasteiger partial charge in [-0.3, -0.25) is 0 Å². The van der Waals surface area contributed by atoms with Gasteiger partial charge in [0.2, 0.25) is 0 Å². The molecule has 0 radical (unpaired) electrons. The Hall–Kier alpha value is -1.04. The van der Waals surface area contributed by atoms with E-state index in [0.29, 0.717) is 21.7 Å². The second-order valence-electron chi connectivity index (χ2n) is 4.77. The van der Waals surface area contributed by atoms with Crippen LogP contribution in [-0.4, -0.2) is 10.5 Å². The molecule has 2 aromatic rings. The lowest BCUT2D eigenvalue weighted by molar-refractivity contribution is 0.297. The summed E-state index contributed by atoms with van der Waals surface area (Å²) in [6.45, 7) is 4.64. The van der Waals surface area contributed by atoms with Gasteiger partial charge in [-0.15, -0.1) is 0 Å². The maximum atomic E-state index is 12.0. The summed E-state index contributed by atoms with van der Waals surface area (Å²) < 4.78 is 11.6. The van der Waals surface area contributed by atoms with Crippen LogP contribution in [0.2, 0.25) is 0 Å². The van der Waals surface area contributed by atoms with Crippen LogP contribution in [0.25, 0.3) is 11.0 Å². The van der Waals surface area contributed by atoms with Crippen molar-refractivity contribution in [3.05, 3.63) is 39.2 Å². The molecular weight excluding hydrogens is 343 g/mol. The number of fused-ring (bicyclic) bond motifs is 3. The molecule has 18 heavy (non-hydrogen) atoms. The van der Waals surface area contributed by atoms with Crippen molar-refractivity contribution in [2.24, 2.45) is 0 Å². The summed E-state index contributed by atoms with van der Waals surface area (Å²) in [5.74, 6) is 0.723. The van der Waals surface area contributed by atoms with Crippen LogP contribution >= 0.6 is 22.6 Å². The van der Waals surface area contributed by atoms with Gasteiger partial charge in [0.15, 0.2) is 0 Å². The molecule has 0 fully saturated rings. The first-order chi connectivity index (χ1) is 8.56. The normalized spacial score (nSPS) is 18.5. The largest absolute Gasteiger partial charge is 0.491 e. The molecule has 1 aliphatic heterocycles. The second kappa shape index (κ2) is 4.26. The maximum Gasteiger partial charge on any atom is 0.343 e. The Kier molecular flexibility index (Phi) is 2.84. The molecule has 1 aliphatic rings. The summed E-state index contributed by atoms with van der Waals surface area (Å²) in [4.78, 5) is 12.0. The van der Waals surface area contributed by atoms with Gasteiger partial charge >= 0.3 is 5.63 Å². The molecule has 3 rings (SSSR count). The van der Waals surface area contributed by atoms with Crippen molar-refractivity contribution >= 4 is 33.6 Å². The van der Waals surface area contributed by atoms with Crippen molar-refractivity contribution < 1.29 is 9.15 Å². The molecule has 1 atom stereocenters. The van der Waals surface area contributed by atoms with Crippen molar-refractivity contribution in [3.63, 3.8) is 0 Å². The van der Waals surface area contributed by atoms with Crippen molar-refractivity contribution in [1.29, 1.82) is 0 Å². The van der Waals surface area contributed by atoms with E-state index in [-0.39, 0.29) is 5.63 Å². The Morgan fingerprint density at radius 3 is 2.89 bits per heavy atom. The van der Waals surface area contributed by atoms with Crippen molar-refractivity contribution in [2.45, 2.75) is 24.2 Å². The van der Waals surface area contributed by atoms with Gasteiger partial charge in [0, 0.05) is 3.92 Å². The lowest BCUT2D eigenvalue weighted by Gasteiger charge is -2.21. The summed E-state index contributed by atoms with van der Waals surface area (Å²) in [7, 11) is 0. The number of alkyl halides is 1. The fourth-order valence-corrected chi connectivity index (χ4v) is 3.08. The molecule has 0 amide bonds. The standard InChI is InChI=1S/C14H13IO3/c1-7-3-8(2)12-10(4-7)13-11(14(16)18-12)5-9(15)6-17-13/h3-4,9H,5-6H2,1-2H3. The van der Waals surface area contributed by atoms with Gasteiger partial charge in [-0.2, -0.15) is 0 Å². The van der Waals surface area contributed by atoms with Crippen LogP contribution < -0.4 is 10.4 Å². The Balaban J connectivity index is 2.40. The monoisotopic (exact) mass is 356 g/mol. The van der Waals surface area contributed by atoms with Gasteiger partial charge < -0.3 is 9.15 Å². The van der Waals surface area contributed by atoms with Crippen molar-refractivity contribution in [2.75, 3.05) is 6.61 Å². The smallest absolute Gasteiger partial charge is 0.343 e. The quantitative estimate of drug-likeness (QED) is 0.414. The molecule has 2 heterocycles. The van der Waals surface area contributed by atoms with E-state index in [4.69, 9.17) is 9.15 Å². The highest BCUT2D eigenvalue weighted by atomic mass is 127. The van der Waals surface area contributed by atoms with E-state index >= 15 is 0 Å². The molecule has 1 unspecified atom stereocenters. The molecule has 4 heteroatoms. The fraction of sp³-hybridized carbons (Fsp3) is 0.357. The number of hydrogen-bond acceptors (Lipinski definition) is 3. The molecule has 0 N–H and O–H groups in total. The van der Waals surface area contributed by atoms with Crippen molar-refractivity contribution in [1.82, 2.24) is 0 Å². The van der Waals surface area contributed by atoms with Gasteiger partial charge in [0.1, 0.15) is 17.9 Å². The maximum absolute atomic E-state index is 12.0. The van der Waals surface area contributed by atoms with E-state index in [0.717, 1.165) is 28.7 Å². The molecule has 0 saturated carbocycles. The van der Waals surface area contributed by atoms with E-state index in [9.17, 15) is 4.79 Å². The summed E-state index contributed by atoms with van der Waals surface area (Å²) in [5.41, 5.74) is 3.20. The zero-order valence-electron chi connectivity index (χ0n) is 10.2. The molecule has 1 aromatic carbocycles. The summed E-state index contributed by atoms with van der Waals surface area (Å²) >= 11 is 2.30. The number of halogens is 1. The van der Waals surface area contributed by atoms with Gasteiger partial charge in [-0.25, -0.2) is 4.79 Å². The number of hydrogen-bond donors (Lipinski definition) is 0. The van der Waals surface area contributed by atoms with E-state index in [2.05, 4.69) is 22.6 Å². The van der Waals surface area contributed by atoms with Crippen LogP contribution in [-0.2, 0) is 6.42 Å². The van der Waals surface area contributed by atoms with Crippen molar-refractivity contribution in [3.8, 4) is 5.75 Å². The van der Waals surface area contributed by atoms with Crippen LogP contribution in [0, 0.1) is 13.8 Å². The van der Waals surface area contributed by atoms with E-state index < -0.39 is 0 Å². The highest BCUT2D eigenvalue weighted by molar-refractivity contribution is 14.1. The van der Waals surface area contributed by atoms with Gasteiger partial charge in [0.05, 0.1) is 10.9 Å². The zero-order valence-corrected chi connectivity index (χ0v) is 12.4. The topological polar surface area (TPSA) is 39.4 Å². The lowest BCUT2D eigenvalue weighted by atomic mass is 10.0. The first kappa shape index (κ1) is 12.0. The molecule has 3 nitrogen and oxygen atoms in total. The van der Waals surface area contributed by atoms with Gasteiger partial charge in [-0.05, 0) is 37.5 Å². The minimum atomic E-state index is -0.259. The minimum absolute atomic E-state index is 0.259. The molecule has 0 bridgehead atoms. The predicted octanol–water partition coefficient (Wildman–Crippen LogP) is 3.15. The van der Waals surface area contributed by atoms with Crippen LogP contribution in [0.15, 0.2) is 21.3 Å². The Labute approximate surface area is 118 Å². The average molecular weight is 356 g/mol. The molecule has 94 valence electrons. The zero-order chi connectivity index (χ0) is 12.9. The minimum Gasteiger partial charge on any atom is -0.491 e.